The van der Waals surface area contributed by atoms with Crippen LogP contribution in [0.4, 0.5) is 4.39 Å². The van der Waals surface area contributed by atoms with E-state index in [0.717, 1.165) is 38.9 Å². The first-order valence-corrected chi connectivity index (χ1v) is 7.88. The maximum Gasteiger partial charge on any atom is 0.256 e. The number of nitrogens with zero attached hydrogens (tertiary/aromatic N) is 1. The SMILES string of the molecule is CCCN(CC1CCNCC1)C(=O)c1cccc(C)c1F. The van der Waals surface area contributed by atoms with Crippen LogP contribution >= 0.6 is 0 Å². The molecule has 1 heterocycles. The number of hydrogen-bond donors (Lipinski definition) is 1. The zero-order valence-electron chi connectivity index (χ0n) is 13.0. The van der Waals surface area contributed by atoms with Crippen molar-refractivity contribution in [3.05, 3.63) is 35.1 Å². The van der Waals surface area contributed by atoms with Crippen LogP contribution in [0.5, 0.6) is 0 Å². The van der Waals surface area contributed by atoms with Gasteiger partial charge in [0.05, 0.1) is 5.56 Å². The highest BCUT2D eigenvalue weighted by atomic mass is 19.1. The third-order valence-corrected chi connectivity index (χ3v) is 4.14. The summed E-state index contributed by atoms with van der Waals surface area (Å²) in [4.78, 5) is 14.5. The lowest BCUT2D eigenvalue weighted by Crippen LogP contribution is -2.40. The Morgan fingerprint density at radius 3 is 2.76 bits per heavy atom. The quantitative estimate of drug-likeness (QED) is 0.905. The van der Waals surface area contributed by atoms with E-state index < -0.39 is 0 Å². The van der Waals surface area contributed by atoms with E-state index in [1.807, 2.05) is 4.90 Å². The lowest BCUT2D eigenvalue weighted by atomic mass is 9.97. The molecule has 0 aromatic heterocycles. The molecule has 0 radical (unpaired) electrons. The number of halogens is 1. The first-order valence-electron chi connectivity index (χ1n) is 7.88. The Balaban J connectivity index is 2.12. The van der Waals surface area contributed by atoms with Crippen molar-refractivity contribution in [3.8, 4) is 0 Å². The fraction of sp³-hybridized carbons (Fsp3) is 0.588. The van der Waals surface area contributed by atoms with Crippen LogP contribution in [-0.2, 0) is 0 Å². The standard InChI is InChI=1S/C17H25FN2O/c1-3-11-20(12-14-7-9-19-10-8-14)17(21)15-6-4-5-13(2)16(15)18/h4-6,14,19H,3,7-12H2,1-2H3. The molecule has 116 valence electrons. The molecule has 0 spiro atoms. The third-order valence-electron chi connectivity index (χ3n) is 4.14. The first-order chi connectivity index (χ1) is 10.1. The molecule has 1 aromatic carbocycles. The van der Waals surface area contributed by atoms with Crippen molar-refractivity contribution >= 4 is 5.91 Å². The van der Waals surface area contributed by atoms with E-state index >= 15 is 0 Å². The number of carbonyl (C=O) groups excluding carboxylic acids is 1. The van der Waals surface area contributed by atoms with E-state index in [1.54, 1.807) is 25.1 Å². The van der Waals surface area contributed by atoms with Gasteiger partial charge in [-0.1, -0.05) is 19.1 Å². The molecule has 4 heteroatoms. The Kier molecular flexibility index (Phi) is 5.74. The molecule has 21 heavy (non-hydrogen) atoms. The summed E-state index contributed by atoms with van der Waals surface area (Å²) in [5, 5.41) is 3.33. The molecule has 0 bridgehead atoms. The molecule has 1 aliphatic rings. The molecule has 1 saturated heterocycles. The van der Waals surface area contributed by atoms with E-state index in [1.165, 1.54) is 0 Å². The van der Waals surface area contributed by atoms with Gasteiger partial charge in [-0.2, -0.15) is 0 Å². The summed E-state index contributed by atoms with van der Waals surface area (Å²) < 4.78 is 14.2. The average molecular weight is 292 g/mol. The molecule has 1 N–H and O–H groups in total. The minimum atomic E-state index is -0.381. The van der Waals surface area contributed by atoms with E-state index in [9.17, 15) is 9.18 Å². The molecule has 0 saturated carbocycles. The monoisotopic (exact) mass is 292 g/mol. The summed E-state index contributed by atoms with van der Waals surface area (Å²) in [7, 11) is 0. The van der Waals surface area contributed by atoms with Gasteiger partial charge in [-0.15, -0.1) is 0 Å². The number of nitrogens with one attached hydrogen (secondary N) is 1. The van der Waals surface area contributed by atoms with Crippen molar-refractivity contribution < 1.29 is 9.18 Å². The van der Waals surface area contributed by atoms with Gasteiger partial charge in [0.2, 0.25) is 0 Å². The van der Waals surface area contributed by atoms with Gasteiger partial charge in [0.25, 0.3) is 5.91 Å². The van der Waals surface area contributed by atoms with Crippen molar-refractivity contribution in [2.24, 2.45) is 5.92 Å². The first kappa shape index (κ1) is 16.0. The Morgan fingerprint density at radius 1 is 1.38 bits per heavy atom. The van der Waals surface area contributed by atoms with E-state index in [-0.39, 0.29) is 17.3 Å². The molecule has 2 rings (SSSR count). The van der Waals surface area contributed by atoms with Crippen LogP contribution in [0, 0.1) is 18.7 Å². The Bertz CT molecular complexity index is 484. The van der Waals surface area contributed by atoms with Gasteiger partial charge in [0.15, 0.2) is 0 Å². The molecule has 1 aliphatic heterocycles. The number of piperidine rings is 1. The largest absolute Gasteiger partial charge is 0.338 e. The smallest absolute Gasteiger partial charge is 0.256 e. The highest BCUT2D eigenvalue weighted by Crippen LogP contribution is 2.18. The molecule has 0 atom stereocenters. The lowest BCUT2D eigenvalue weighted by Gasteiger charge is -2.30. The molecule has 3 nitrogen and oxygen atoms in total. The predicted molar refractivity (Wildman–Crippen MR) is 82.9 cm³/mol. The molecule has 0 aliphatic carbocycles. The van der Waals surface area contributed by atoms with Crippen LogP contribution in [0.1, 0.15) is 42.1 Å². The van der Waals surface area contributed by atoms with Gasteiger partial charge >= 0.3 is 0 Å². The molecule has 1 amide bonds. The highest BCUT2D eigenvalue weighted by Gasteiger charge is 2.23. The van der Waals surface area contributed by atoms with Gasteiger partial charge in [0, 0.05) is 13.1 Å². The van der Waals surface area contributed by atoms with Gasteiger partial charge < -0.3 is 10.2 Å². The second-order valence-corrected chi connectivity index (χ2v) is 5.88. The van der Waals surface area contributed by atoms with E-state index in [0.29, 0.717) is 18.0 Å². The van der Waals surface area contributed by atoms with Gasteiger partial charge in [0.1, 0.15) is 5.82 Å². The van der Waals surface area contributed by atoms with Crippen LogP contribution in [-0.4, -0.2) is 37.0 Å². The highest BCUT2D eigenvalue weighted by molar-refractivity contribution is 5.94. The van der Waals surface area contributed by atoms with Crippen LogP contribution in [0.15, 0.2) is 18.2 Å². The number of carbonyl (C=O) groups is 1. The topological polar surface area (TPSA) is 32.3 Å². The summed E-state index contributed by atoms with van der Waals surface area (Å²) in [5.41, 5.74) is 0.733. The van der Waals surface area contributed by atoms with Gasteiger partial charge in [-0.3, -0.25) is 4.79 Å². The van der Waals surface area contributed by atoms with Crippen LogP contribution < -0.4 is 5.32 Å². The number of rotatable bonds is 5. The minimum Gasteiger partial charge on any atom is -0.338 e. The van der Waals surface area contributed by atoms with Crippen molar-refractivity contribution in [2.45, 2.75) is 33.1 Å². The lowest BCUT2D eigenvalue weighted by molar-refractivity contribution is 0.0711. The number of amides is 1. The minimum absolute atomic E-state index is 0.170. The van der Waals surface area contributed by atoms with Crippen LogP contribution in [0.2, 0.25) is 0 Å². The average Bonchev–Trinajstić information content (AvgIpc) is 2.50. The number of aryl methyl sites for hydroxylation is 1. The van der Waals surface area contributed by atoms with Crippen molar-refractivity contribution in [3.63, 3.8) is 0 Å². The van der Waals surface area contributed by atoms with E-state index in [4.69, 9.17) is 0 Å². The molecule has 1 fully saturated rings. The van der Waals surface area contributed by atoms with E-state index in [2.05, 4.69) is 12.2 Å². The predicted octanol–water partition coefficient (Wildman–Crippen LogP) is 2.99. The summed E-state index contributed by atoms with van der Waals surface area (Å²) >= 11 is 0. The zero-order valence-corrected chi connectivity index (χ0v) is 13.0. The zero-order chi connectivity index (χ0) is 15.2. The summed E-state index contributed by atoms with van der Waals surface area (Å²) in [6, 6.07) is 5.04. The maximum atomic E-state index is 14.2. The Labute approximate surface area is 126 Å². The van der Waals surface area contributed by atoms with Crippen LogP contribution in [0.3, 0.4) is 0 Å². The molecule has 1 aromatic rings. The summed E-state index contributed by atoms with van der Waals surface area (Å²) in [6.45, 7) is 7.20. The fourth-order valence-corrected chi connectivity index (χ4v) is 2.90. The van der Waals surface area contributed by atoms with Gasteiger partial charge in [-0.05, 0) is 56.8 Å². The molecular formula is C17H25FN2O. The maximum absolute atomic E-state index is 14.2. The summed E-state index contributed by atoms with van der Waals surface area (Å²) in [5.74, 6) is -0.0277. The molecule has 0 unspecified atom stereocenters. The number of hydrogen-bond acceptors (Lipinski definition) is 2. The van der Waals surface area contributed by atoms with Crippen molar-refractivity contribution in [1.29, 1.82) is 0 Å². The normalized spacial score (nSPS) is 16.0. The van der Waals surface area contributed by atoms with Crippen LogP contribution in [0.25, 0.3) is 0 Å². The third kappa shape index (κ3) is 4.03. The second kappa shape index (κ2) is 7.55. The Hall–Kier alpha value is -1.42. The van der Waals surface area contributed by atoms with Crippen molar-refractivity contribution in [2.75, 3.05) is 26.2 Å². The second-order valence-electron chi connectivity index (χ2n) is 5.88. The van der Waals surface area contributed by atoms with Crippen molar-refractivity contribution in [1.82, 2.24) is 10.2 Å². The number of benzene rings is 1. The fourth-order valence-electron chi connectivity index (χ4n) is 2.90. The summed E-state index contributed by atoms with van der Waals surface area (Å²) in [6.07, 6.45) is 3.07. The van der Waals surface area contributed by atoms with Gasteiger partial charge in [-0.25, -0.2) is 4.39 Å². The Morgan fingerprint density at radius 2 is 2.10 bits per heavy atom. The molecular weight excluding hydrogens is 267 g/mol.